The van der Waals surface area contributed by atoms with E-state index in [9.17, 15) is 0 Å². The molecule has 0 heterocycles. The van der Waals surface area contributed by atoms with Crippen LogP contribution in [0.25, 0.3) is 0 Å². The summed E-state index contributed by atoms with van der Waals surface area (Å²) in [4.78, 5) is 6.87. The van der Waals surface area contributed by atoms with E-state index >= 15 is 0 Å². The molecule has 0 aliphatic rings. The lowest BCUT2D eigenvalue weighted by molar-refractivity contribution is 0.465. The fourth-order valence-corrected chi connectivity index (χ4v) is 1.63. The number of benzene rings is 1. The van der Waals surface area contributed by atoms with Crippen molar-refractivity contribution in [3.8, 4) is 0 Å². The molecule has 0 bridgehead atoms. The van der Waals surface area contributed by atoms with E-state index in [1.54, 1.807) is 0 Å². The second kappa shape index (κ2) is 6.23. The largest absolute Gasteiger partial charge is 0.357 e. The van der Waals surface area contributed by atoms with Crippen LogP contribution in [0.4, 0.5) is 0 Å². The third-order valence-corrected chi connectivity index (χ3v) is 2.40. The highest BCUT2D eigenvalue weighted by Crippen LogP contribution is 2.06. The SMILES string of the molecule is CCN=C(c1ccccc1)N(CC)CC. The molecule has 0 saturated heterocycles. The molecule has 0 amide bonds. The molecule has 0 aliphatic heterocycles. The number of aliphatic imine (C=N–C) groups is 1. The average molecular weight is 204 g/mol. The molecule has 0 aromatic heterocycles. The van der Waals surface area contributed by atoms with E-state index in [0.717, 1.165) is 25.5 Å². The van der Waals surface area contributed by atoms with E-state index in [2.05, 4.69) is 54.9 Å². The molecule has 0 spiro atoms. The van der Waals surface area contributed by atoms with Crippen molar-refractivity contribution >= 4 is 5.84 Å². The first-order valence-corrected chi connectivity index (χ1v) is 5.68. The minimum Gasteiger partial charge on any atom is -0.357 e. The number of amidine groups is 1. The fraction of sp³-hybridized carbons (Fsp3) is 0.462. The molecule has 1 aromatic carbocycles. The molecule has 1 aromatic rings. The zero-order chi connectivity index (χ0) is 11.1. The number of hydrogen-bond donors (Lipinski definition) is 0. The maximum atomic E-state index is 4.58. The Kier molecular flexibility index (Phi) is 4.88. The van der Waals surface area contributed by atoms with E-state index < -0.39 is 0 Å². The number of nitrogens with zero attached hydrogens (tertiary/aromatic N) is 2. The van der Waals surface area contributed by atoms with Crippen LogP contribution in [0.3, 0.4) is 0 Å². The van der Waals surface area contributed by atoms with Gasteiger partial charge in [0.25, 0.3) is 0 Å². The predicted octanol–water partition coefficient (Wildman–Crippen LogP) is 2.79. The monoisotopic (exact) mass is 204 g/mol. The summed E-state index contributed by atoms with van der Waals surface area (Å²) in [6.45, 7) is 9.25. The van der Waals surface area contributed by atoms with Gasteiger partial charge in [0.15, 0.2) is 0 Å². The van der Waals surface area contributed by atoms with Gasteiger partial charge in [-0.25, -0.2) is 0 Å². The molecular formula is C13H20N2. The Morgan fingerprint density at radius 2 is 1.67 bits per heavy atom. The minimum atomic E-state index is 0.834. The van der Waals surface area contributed by atoms with Crippen LogP contribution in [0.2, 0.25) is 0 Å². The van der Waals surface area contributed by atoms with Gasteiger partial charge < -0.3 is 4.90 Å². The number of rotatable bonds is 4. The molecule has 2 nitrogen and oxygen atoms in total. The molecule has 0 unspecified atom stereocenters. The standard InChI is InChI=1S/C13H20N2/c1-4-14-13(15(5-2)6-3)12-10-8-7-9-11-12/h7-11H,4-6H2,1-3H3. The van der Waals surface area contributed by atoms with Gasteiger partial charge in [0, 0.05) is 25.2 Å². The summed E-state index contributed by atoms with van der Waals surface area (Å²) in [5.41, 5.74) is 1.21. The van der Waals surface area contributed by atoms with Crippen LogP contribution in [-0.4, -0.2) is 30.4 Å². The van der Waals surface area contributed by atoms with E-state index in [0.29, 0.717) is 0 Å². The smallest absolute Gasteiger partial charge is 0.130 e. The topological polar surface area (TPSA) is 15.6 Å². The van der Waals surface area contributed by atoms with E-state index in [1.807, 2.05) is 6.07 Å². The van der Waals surface area contributed by atoms with E-state index in [4.69, 9.17) is 0 Å². The molecule has 0 fully saturated rings. The summed E-state index contributed by atoms with van der Waals surface area (Å²) in [6, 6.07) is 10.4. The molecule has 0 saturated carbocycles. The van der Waals surface area contributed by atoms with E-state index in [-0.39, 0.29) is 0 Å². The maximum absolute atomic E-state index is 4.58. The third kappa shape index (κ3) is 3.08. The summed E-state index contributed by atoms with van der Waals surface area (Å²) < 4.78 is 0. The van der Waals surface area contributed by atoms with Gasteiger partial charge in [-0.15, -0.1) is 0 Å². The number of hydrogen-bond acceptors (Lipinski definition) is 1. The lowest BCUT2D eigenvalue weighted by Crippen LogP contribution is -2.31. The van der Waals surface area contributed by atoms with Gasteiger partial charge in [-0.1, -0.05) is 30.3 Å². The van der Waals surface area contributed by atoms with Gasteiger partial charge in [-0.3, -0.25) is 4.99 Å². The second-order valence-corrected chi connectivity index (χ2v) is 3.34. The lowest BCUT2D eigenvalue weighted by Gasteiger charge is -2.23. The summed E-state index contributed by atoms with van der Waals surface area (Å²) in [5.74, 6) is 1.11. The zero-order valence-electron chi connectivity index (χ0n) is 9.90. The van der Waals surface area contributed by atoms with Gasteiger partial charge in [0.2, 0.25) is 0 Å². The van der Waals surface area contributed by atoms with Crippen LogP contribution >= 0.6 is 0 Å². The maximum Gasteiger partial charge on any atom is 0.130 e. The predicted molar refractivity (Wildman–Crippen MR) is 66.4 cm³/mol. The molecule has 2 heteroatoms. The van der Waals surface area contributed by atoms with Crippen molar-refractivity contribution in [1.82, 2.24) is 4.90 Å². The summed E-state index contributed by atoms with van der Waals surface area (Å²) >= 11 is 0. The van der Waals surface area contributed by atoms with Crippen LogP contribution in [0.5, 0.6) is 0 Å². The van der Waals surface area contributed by atoms with Crippen LogP contribution in [0.15, 0.2) is 35.3 Å². The normalized spacial score (nSPS) is 11.5. The van der Waals surface area contributed by atoms with Crippen molar-refractivity contribution < 1.29 is 0 Å². The van der Waals surface area contributed by atoms with Gasteiger partial charge in [-0.2, -0.15) is 0 Å². The lowest BCUT2D eigenvalue weighted by atomic mass is 10.2. The summed E-state index contributed by atoms with van der Waals surface area (Å²) in [5, 5.41) is 0. The Morgan fingerprint density at radius 3 is 2.13 bits per heavy atom. The highest BCUT2D eigenvalue weighted by Gasteiger charge is 2.08. The molecule has 15 heavy (non-hydrogen) atoms. The van der Waals surface area contributed by atoms with Crippen LogP contribution in [0, 0.1) is 0 Å². The molecule has 0 N–H and O–H groups in total. The van der Waals surface area contributed by atoms with Crippen LogP contribution < -0.4 is 0 Å². The molecular weight excluding hydrogens is 184 g/mol. The van der Waals surface area contributed by atoms with Gasteiger partial charge in [0.1, 0.15) is 5.84 Å². The molecule has 1 rings (SSSR count). The first-order chi connectivity index (χ1) is 7.33. The molecule has 0 radical (unpaired) electrons. The Labute approximate surface area is 92.6 Å². The first-order valence-electron chi connectivity index (χ1n) is 5.68. The Hall–Kier alpha value is -1.31. The van der Waals surface area contributed by atoms with Gasteiger partial charge >= 0.3 is 0 Å². The van der Waals surface area contributed by atoms with Crippen molar-refractivity contribution in [2.45, 2.75) is 20.8 Å². The van der Waals surface area contributed by atoms with Crippen molar-refractivity contribution in [2.24, 2.45) is 4.99 Å². The van der Waals surface area contributed by atoms with Crippen LogP contribution in [0.1, 0.15) is 26.3 Å². The third-order valence-electron chi connectivity index (χ3n) is 2.40. The van der Waals surface area contributed by atoms with E-state index in [1.165, 1.54) is 5.56 Å². The molecule has 82 valence electrons. The van der Waals surface area contributed by atoms with Crippen molar-refractivity contribution in [2.75, 3.05) is 19.6 Å². The van der Waals surface area contributed by atoms with Crippen molar-refractivity contribution in [3.63, 3.8) is 0 Å². The molecule has 0 aliphatic carbocycles. The Balaban J connectivity index is 2.98. The minimum absolute atomic E-state index is 0.834. The quantitative estimate of drug-likeness (QED) is 0.544. The zero-order valence-corrected chi connectivity index (χ0v) is 9.90. The fourth-order valence-electron chi connectivity index (χ4n) is 1.63. The van der Waals surface area contributed by atoms with Crippen molar-refractivity contribution in [3.05, 3.63) is 35.9 Å². The van der Waals surface area contributed by atoms with Crippen LogP contribution in [-0.2, 0) is 0 Å². The van der Waals surface area contributed by atoms with Crippen molar-refractivity contribution in [1.29, 1.82) is 0 Å². The van der Waals surface area contributed by atoms with Gasteiger partial charge in [0.05, 0.1) is 0 Å². The second-order valence-electron chi connectivity index (χ2n) is 3.34. The Morgan fingerprint density at radius 1 is 1.07 bits per heavy atom. The summed E-state index contributed by atoms with van der Waals surface area (Å²) in [6.07, 6.45) is 0. The molecule has 0 atom stereocenters. The highest BCUT2D eigenvalue weighted by molar-refractivity contribution is 5.98. The Bertz CT molecular complexity index is 300. The average Bonchev–Trinajstić information content (AvgIpc) is 2.30. The first kappa shape index (κ1) is 11.8. The van der Waals surface area contributed by atoms with Gasteiger partial charge in [-0.05, 0) is 20.8 Å². The summed E-state index contributed by atoms with van der Waals surface area (Å²) in [7, 11) is 0. The highest BCUT2D eigenvalue weighted by atomic mass is 15.2.